The van der Waals surface area contributed by atoms with Gasteiger partial charge in [0.15, 0.2) is 0 Å². The average molecular weight is 263 g/mol. The molecule has 0 aromatic carbocycles. The Morgan fingerprint density at radius 3 is 2.79 bits per heavy atom. The highest BCUT2D eigenvalue weighted by Gasteiger charge is 2.20. The van der Waals surface area contributed by atoms with Gasteiger partial charge in [-0.05, 0) is 32.9 Å². The first-order chi connectivity index (χ1) is 9.22. The van der Waals surface area contributed by atoms with Gasteiger partial charge < -0.3 is 15.5 Å². The number of hydrogen-bond acceptors (Lipinski definition) is 5. The number of aromatic nitrogens is 2. The monoisotopic (exact) mass is 263 g/mol. The number of likely N-dealkylation sites (N-methyl/N-ethyl adjacent to an activating group) is 1. The smallest absolute Gasteiger partial charge is 0.133 e. The summed E-state index contributed by atoms with van der Waals surface area (Å²) >= 11 is 0. The molecule has 1 aliphatic heterocycles. The molecular formula is C14H25N5. The fourth-order valence-electron chi connectivity index (χ4n) is 2.51. The van der Waals surface area contributed by atoms with Crippen LogP contribution < -0.4 is 10.6 Å². The first-order valence-corrected chi connectivity index (χ1v) is 7.22. The summed E-state index contributed by atoms with van der Waals surface area (Å²) in [5.74, 6) is 2.74. The predicted octanol–water partition coefficient (Wildman–Crippen LogP) is 1.98. The second-order valence-corrected chi connectivity index (χ2v) is 5.21. The van der Waals surface area contributed by atoms with Crippen LogP contribution in [0, 0.1) is 0 Å². The van der Waals surface area contributed by atoms with E-state index in [2.05, 4.69) is 39.5 Å². The highest BCUT2D eigenvalue weighted by molar-refractivity contribution is 5.47. The van der Waals surface area contributed by atoms with E-state index in [4.69, 9.17) is 0 Å². The van der Waals surface area contributed by atoms with Gasteiger partial charge in [-0.15, -0.1) is 0 Å². The summed E-state index contributed by atoms with van der Waals surface area (Å²) in [7, 11) is 4.09. The summed E-state index contributed by atoms with van der Waals surface area (Å²) in [6.45, 7) is 4.32. The summed E-state index contributed by atoms with van der Waals surface area (Å²) in [4.78, 5) is 11.5. The van der Waals surface area contributed by atoms with Crippen molar-refractivity contribution in [1.82, 2.24) is 14.9 Å². The second kappa shape index (κ2) is 6.70. The van der Waals surface area contributed by atoms with Crippen LogP contribution in [0.3, 0.4) is 0 Å². The lowest BCUT2D eigenvalue weighted by atomic mass is 10.2. The maximum atomic E-state index is 4.58. The maximum Gasteiger partial charge on any atom is 0.133 e. The van der Waals surface area contributed by atoms with E-state index < -0.39 is 0 Å². The van der Waals surface area contributed by atoms with Gasteiger partial charge in [0.25, 0.3) is 0 Å². The highest BCUT2D eigenvalue weighted by Crippen LogP contribution is 2.17. The van der Waals surface area contributed by atoms with E-state index >= 15 is 0 Å². The third-order valence-electron chi connectivity index (χ3n) is 3.69. The van der Waals surface area contributed by atoms with Gasteiger partial charge in [-0.3, -0.25) is 0 Å². The van der Waals surface area contributed by atoms with Gasteiger partial charge in [-0.25, -0.2) is 9.97 Å². The molecule has 19 heavy (non-hydrogen) atoms. The fourth-order valence-corrected chi connectivity index (χ4v) is 2.51. The minimum atomic E-state index is 0.627. The van der Waals surface area contributed by atoms with Crippen molar-refractivity contribution in [2.75, 3.05) is 37.8 Å². The van der Waals surface area contributed by atoms with E-state index in [9.17, 15) is 0 Å². The predicted molar refractivity (Wildman–Crippen MR) is 79.7 cm³/mol. The molecule has 5 heteroatoms. The molecular weight excluding hydrogens is 238 g/mol. The molecule has 0 radical (unpaired) electrons. The van der Waals surface area contributed by atoms with Crippen molar-refractivity contribution in [3.05, 3.63) is 11.9 Å². The molecule has 1 atom stereocenters. The van der Waals surface area contributed by atoms with Crippen LogP contribution in [0.1, 0.15) is 32.0 Å². The molecule has 1 saturated heterocycles. The van der Waals surface area contributed by atoms with E-state index in [0.29, 0.717) is 6.04 Å². The lowest BCUT2D eigenvalue weighted by molar-refractivity contribution is 0.322. The zero-order chi connectivity index (χ0) is 13.7. The van der Waals surface area contributed by atoms with Gasteiger partial charge in [-0.1, -0.05) is 6.92 Å². The lowest BCUT2D eigenvalue weighted by Gasteiger charge is -2.20. The first kappa shape index (κ1) is 14.1. The molecule has 1 aromatic rings. The Balaban J connectivity index is 2.00. The summed E-state index contributed by atoms with van der Waals surface area (Å²) in [5.41, 5.74) is 0. The molecule has 1 unspecified atom stereocenters. The summed E-state index contributed by atoms with van der Waals surface area (Å²) in [6.07, 6.45) is 4.57. The molecule has 106 valence electrons. The Morgan fingerprint density at radius 2 is 2.16 bits per heavy atom. The number of nitrogens with one attached hydrogen (secondary N) is 2. The molecule has 5 nitrogen and oxygen atoms in total. The highest BCUT2D eigenvalue weighted by atomic mass is 15.2. The van der Waals surface area contributed by atoms with Crippen LogP contribution in [0.15, 0.2) is 6.07 Å². The zero-order valence-electron chi connectivity index (χ0n) is 12.2. The largest absolute Gasteiger partial charge is 0.373 e. The van der Waals surface area contributed by atoms with E-state index in [1.165, 1.54) is 19.4 Å². The van der Waals surface area contributed by atoms with Crippen LogP contribution in [0.5, 0.6) is 0 Å². The molecule has 1 aromatic heterocycles. The van der Waals surface area contributed by atoms with Gasteiger partial charge in [0.1, 0.15) is 17.5 Å². The van der Waals surface area contributed by atoms with Crippen molar-refractivity contribution in [3.63, 3.8) is 0 Å². The Labute approximate surface area is 115 Å². The fraction of sp³-hybridized carbons (Fsp3) is 0.714. The van der Waals surface area contributed by atoms with Gasteiger partial charge >= 0.3 is 0 Å². The number of aryl methyl sites for hydroxylation is 1. The van der Waals surface area contributed by atoms with Crippen molar-refractivity contribution >= 4 is 11.6 Å². The third kappa shape index (κ3) is 3.80. The molecule has 0 aliphatic carbocycles. The second-order valence-electron chi connectivity index (χ2n) is 5.21. The Morgan fingerprint density at radius 1 is 1.37 bits per heavy atom. The van der Waals surface area contributed by atoms with Gasteiger partial charge in [0.05, 0.1) is 0 Å². The summed E-state index contributed by atoms with van der Waals surface area (Å²) < 4.78 is 0. The zero-order valence-corrected chi connectivity index (χ0v) is 12.2. The Hall–Kier alpha value is -1.36. The van der Waals surface area contributed by atoms with Gasteiger partial charge in [0, 0.05) is 32.1 Å². The molecule has 1 fully saturated rings. The van der Waals surface area contributed by atoms with Crippen molar-refractivity contribution in [3.8, 4) is 0 Å². The van der Waals surface area contributed by atoms with E-state index in [-0.39, 0.29) is 0 Å². The van der Waals surface area contributed by atoms with Crippen molar-refractivity contribution < 1.29 is 0 Å². The Bertz CT molecular complexity index is 407. The number of hydrogen-bond donors (Lipinski definition) is 2. The number of anilines is 2. The molecule has 0 spiro atoms. The lowest BCUT2D eigenvalue weighted by Crippen LogP contribution is -2.31. The van der Waals surface area contributed by atoms with Gasteiger partial charge in [0.2, 0.25) is 0 Å². The average Bonchev–Trinajstić information content (AvgIpc) is 2.82. The van der Waals surface area contributed by atoms with Crippen LogP contribution in [0.25, 0.3) is 0 Å². The standard InChI is InChI=1S/C14H25N5/c1-4-6-12-17-13(15-2)9-14(18-12)16-10-11-7-5-8-19(11)3/h9,11H,4-8,10H2,1-3H3,(H2,15,16,17,18). The number of nitrogens with zero attached hydrogens (tertiary/aromatic N) is 3. The molecule has 2 rings (SSSR count). The van der Waals surface area contributed by atoms with Crippen LogP contribution in [0.4, 0.5) is 11.6 Å². The Kier molecular flexibility index (Phi) is 4.96. The van der Waals surface area contributed by atoms with Crippen LogP contribution in [-0.4, -0.2) is 48.1 Å². The molecule has 1 aliphatic rings. The molecule has 0 bridgehead atoms. The van der Waals surface area contributed by atoms with E-state index in [1.807, 2.05) is 13.1 Å². The van der Waals surface area contributed by atoms with E-state index in [1.54, 1.807) is 0 Å². The summed E-state index contributed by atoms with van der Waals surface area (Å²) in [6, 6.07) is 2.61. The summed E-state index contributed by atoms with van der Waals surface area (Å²) in [5, 5.41) is 6.56. The topological polar surface area (TPSA) is 53.1 Å². The molecule has 2 heterocycles. The minimum absolute atomic E-state index is 0.627. The first-order valence-electron chi connectivity index (χ1n) is 7.22. The number of rotatable bonds is 6. The quantitative estimate of drug-likeness (QED) is 0.822. The van der Waals surface area contributed by atoms with Crippen molar-refractivity contribution in [2.45, 2.75) is 38.6 Å². The van der Waals surface area contributed by atoms with Crippen LogP contribution in [0.2, 0.25) is 0 Å². The SMILES string of the molecule is CCCc1nc(NC)cc(NCC2CCCN2C)n1. The van der Waals surface area contributed by atoms with Crippen LogP contribution >= 0.6 is 0 Å². The van der Waals surface area contributed by atoms with Crippen LogP contribution in [-0.2, 0) is 6.42 Å². The van der Waals surface area contributed by atoms with Crippen molar-refractivity contribution in [1.29, 1.82) is 0 Å². The van der Waals surface area contributed by atoms with E-state index in [0.717, 1.165) is 36.8 Å². The molecule has 0 saturated carbocycles. The van der Waals surface area contributed by atoms with Gasteiger partial charge in [-0.2, -0.15) is 0 Å². The third-order valence-corrected chi connectivity index (χ3v) is 3.69. The van der Waals surface area contributed by atoms with Crippen molar-refractivity contribution in [2.24, 2.45) is 0 Å². The molecule has 0 amide bonds. The molecule has 2 N–H and O–H groups in total. The normalized spacial score (nSPS) is 19.6. The maximum absolute atomic E-state index is 4.58. The number of likely N-dealkylation sites (tertiary alicyclic amines) is 1. The minimum Gasteiger partial charge on any atom is -0.373 e.